The molecule has 1 N–H and O–H groups in total. The maximum Gasteiger partial charge on any atom is 0.314 e. The van der Waals surface area contributed by atoms with E-state index in [1.807, 2.05) is 4.90 Å². The molecule has 0 spiro atoms. The van der Waals surface area contributed by atoms with Gasteiger partial charge in [-0.25, -0.2) is 4.39 Å². The fourth-order valence-electron chi connectivity index (χ4n) is 2.95. The van der Waals surface area contributed by atoms with Crippen LogP contribution < -0.4 is 9.64 Å². The number of fused-ring (bicyclic) bond motifs is 2. The van der Waals surface area contributed by atoms with Crippen LogP contribution in [0, 0.1) is 15.9 Å². The Morgan fingerprint density at radius 3 is 2.95 bits per heavy atom. The van der Waals surface area contributed by atoms with Gasteiger partial charge in [-0.1, -0.05) is 0 Å². The maximum absolute atomic E-state index is 14.3. The van der Waals surface area contributed by atoms with E-state index in [1.54, 1.807) is 0 Å². The van der Waals surface area contributed by atoms with Crippen molar-refractivity contribution in [3.05, 3.63) is 28.1 Å². The van der Waals surface area contributed by atoms with Crippen molar-refractivity contribution in [2.24, 2.45) is 0 Å². The van der Waals surface area contributed by atoms with Crippen molar-refractivity contribution < 1.29 is 23.9 Å². The molecule has 1 aromatic rings. The maximum atomic E-state index is 14.3. The van der Waals surface area contributed by atoms with Crippen LogP contribution in [0.25, 0.3) is 0 Å². The normalized spacial score (nSPS) is 23.1. The highest BCUT2D eigenvalue weighted by molar-refractivity contribution is 5.61. The molecule has 2 heterocycles. The van der Waals surface area contributed by atoms with Crippen molar-refractivity contribution in [1.29, 1.82) is 0 Å². The van der Waals surface area contributed by atoms with Gasteiger partial charge in [0.05, 0.1) is 42.0 Å². The molecule has 2 saturated heterocycles. The van der Waals surface area contributed by atoms with Gasteiger partial charge in [-0.3, -0.25) is 10.1 Å². The summed E-state index contributed by atoms with van der Waals surface area (Å²) in [5, 5.41) is 19.8. The van der Waals surface area contributed by atoms with E-state index in [1.165, 1.54) is 6.07 Å². The van der Waals surface area contributed by atoms with Gasteiger partial charge in [-0.05, 0) is 6.42 Å². The van der Waals surface area contributed by atoms with Gasteiger partial charge in [0.15, 0.2) is 11.6 Å². The summed E-state index contributed by atoms with van der Waals surface area (Å²) in [4.78, 5) is 12.3. The van der Waals surface area contributed by atoms with E-state index < -0.39 is 16.4 Å². The van der Waals surface area contributed by atoms with Crippen molar-refractivity contribution in [3.8, 4) is 5.75 Å². The van der Waals surface area contributed by atoms with Gasteiger partial charge in [-0.2, -0.15) is 0 Å². The molecule has 7 nitrogen and oxygen atoms in total. The van der Waals surface area contributed by atoms with Crippen molar-refractivity contribution in [3.63, 3.8) is 0 Å². The van der Waals surface area contributed by atoms with Crippen molar-refractivity contribution in [1.82, 2.24) is 0 Å². The van der Waals surface area contributed by atoms with Crippen LogP contribution in [0.1, 0.15) is 12.8 Å². The molecule has 2 unspecified atom stereocenters. The summed E-state index contributed by atoms with van der Waals surface area (Å²) >= 11 is 0. The minimum atomic E-state index is -0.666. The highest BCUT2D eigenvalue weighted by Crippen LogP contribution is 2.39. The molecule has 1 aromatic carbocycles. The SMILES string of the molecule is O=[N+]([O-])c1cc(F)c(N2CC3CC2CO3)cc1OCCCO. The van der Waals surface area contributed by atoms with E-state index in [0.29, 0.717) is 25.3 Å². The standard InChI is InChI=1S/C14H17FN2O5/c15-11-5-13(17(19)20)14(21-3-1-2-18)6-12(11)16-7-10-4-9(16)8-22-10/h5-6,9-10,18H,1-4,7-8H2. The molecule has 2 aliphatic heterocycles. The van der Waals surface area contributed by atoms with Gasteiger partial charge in [0.25, 0.3) is 0 Å². The Morgan fingerprint density at radius 2 is 2.36 bits per heavy atom. The van der Waals surface area contributed by atoms with Gasteiger partial charge in [-0.15, -0.1) is 0 Å². The molecule has 2 fully saturated rings. The number of morpholine rings is 1. The van der Waals surface area contributed by atoms with E-state index in [-0.39, 0.29) is 31.1 Å². The Morgan fingerprint density at radius 1 is 1.55 bits per heavy atom. The number of nitrogens with zero attached hydrogens (tertiary/aromatic N) is 2. The van der Waals surface area contributed by atoms with Gasteiger partial charge in [0.2, 0.25) is 0 Å². The monoisotopic (exact) mass is 312 g/mol. The molecule has 0 aliphatic carbocycles. The summed E-state index contributed by atoms with van der Waals surface area (Å²) in [7, 11) is 0. The third-order valence-corrected chi connectivity index (χ3v) is 3.99. The number of aliphatic hydroxyl groups excluding tert-OH is 1. The largest absolute Gasteiger partial charge is 0.487 e. The lowest BCUT2D eigenvalue weighted by Gasteiger charge is -2.29. The van der Waals surface area contributed by atoms with Crippen molar-refractivity contribution in [2.45, 2.75) is 25.0 Å². The molecule has 3 rings (SSSR count). The number of hydrogen-bond acceptors (Lipinski definition) is 6. The lowest BCUT2D eigenvalue weighted by molar-refractivity contribution is -0.386. The number of hydrogen-bond donors (Lipinski definition) is 1. The third kappa shape index (κ3) is 2.71. The first-order chi connectivity index (χ1) is 10.6. The van der Waals surface area contributed by atoms with Crippen molar-refractivity contribution in [2.75, 3.05) is 31.3 Å². The van der Waals surface area contributed by atoms with Crippen LogP contribution in [-0.2, 0) is 4.74 Å². The van der Waals surface area contributed by atoms with Crippen molar-refractivity contribution >= 4 is 11.4 Å². The second-order valence-electron chi connectivity index (χ2n) is 5.45. The van der Waals surface area contributed by atoms with Gasteiger partial charge >= 0.3 is 5.69 Å². The molecule has 2 aliphatic rings. The minimum Gasteiger partial charge on any atom is -0.487 e. The van der Waals surface area contributed by atoms with E-state index >= 15 is 0 Å². The lowest BCUT2D eigenvalue weighted by Crippen LogP contribution is -2.37. The number of rotatable bonds is 6. The molecule has 8 heteroatoms. The average Bonchev–Trinajstić information content (AvgIpc) is 3.11. The Hall–Kier alpha value is -1.93. The minimum absolute atomic E-state index is 0.0264. The lowest BCUT2D eigenvalue weighted by atomic mass is 10.2. The summed E-state index contributed by atoms with van der Waals surface area (Å²) in [5.74, 6) is -0.604. The molecule has 0 amide bonds. The van der Waals surface area contributed by atoms with E-state index in [9.17, 15) is 14.5 Å². The molecule has 0 aromatic heterocycles. The molecule has 2 atom stereocenters. The predicted octanol–water partition coefficient (Wildman–Crippen LogP) is 1.47. The summed E-state index contributed by atoms with van der Waals surface area (Å²) < 4.78 is 25.1. The third-order valence-electron chi connectivity index (χ3n) is 3.99. The predicted molar refractivity (Wildman–Crippen MR) is 75.7 cm³/mol. The van der Waals surface area contributed by atoms with E-state index in [0.717, 1.165) is 12.5 Å². The van der Waals surface area contributed by atoms with Gasteiger partial charge in [0.1, 0.15) is 0 Å². The Balaban J connectivity index is 1.89. The smallest absolute Gasteiger partial charge is 0.314 e. The number of nitro benzene ring substituents is 1. The molecule has 2 bridgehead atoms. The fraction of sp³-hybridized carbons (Fsp3) is 0.571. The molecule has 22 heavy (non-hydrogen) atoms. The summed E-state index contributed by atoms with van der Waals surface area (Å²) in [6.07, 6.45) is 1.29. The Labute approximate surface area is 126 Å². The van der Waals surface area contributed by atoms with Crippen LogP contribution in [0.5, 0.6) is 5.75 Å². The van der Waals surface area contributed by atoms with Crippen LogP contribution >= 0.6 is 0 Å². The van der Waals surface area contributed by atoms with Crippen LogP contribution in [0.3, 0.4) is 0 Å². The Kier molecular flexibility index (Phi) is 4.12. The Bertz CT molecular complexity index is 583. The van der Waals surface area contributed by atoms with E-state index in [2.05, 4.69) is 0 Å². The summed E-state index contributed by atoms with van der Waals surface area (Å²) in [6.45, 7) is 1.18. The zero-order chi connectivity index (χ0) is 15.7. The first-order valence-electron chi connectivity index (χ1n) is 7.20. The number of benzene rings is 1. The van der Waals surface area contributed by atoms with Crippen LogP contribution in [-0.4, -0.2) is 48.5 Å². The number of ether oxygens (including phenoxy) is 2. The number of nitro groups is 1. The zero-order valence-electron chi connectivity index (χ0n) is 11.9. The first kappa shape index (κ1) is 15.0. The van der Waals surface area contributed by atoms with E-state index in [4.69, 9.17) is 14.6 Å². The summed E-state index contributed by atoms with van der Waals surface area (Å²) in [5.41, 5.74) is -0.0970. The number of aliphatic hydroxyl groups is 1. The van der Waals surface area contributed by atoms with Crippen LogP contribution in [0.4, 0.5) is 15.8 Å². The molecule has 0 radical (unpaired) electrons. The fourth-order valence-corrected chi connectivity index (χ4v) is 2.95. The molecular formula is C14H17FN2O5. The quantitative estimate of drug-likeness (QED) is 0.486. The number of halogens is 1. The first-order valence-corrected chi connectivity index (χ1v) is 7.20. The van der Waals surface area contributed by atoms with Crippen LogP contribution in [0.2, 0.25) is 0 Å². The second-order valence-corrected chi connectivity index (χ2v) is 5.45. The summed E-state index contributed by atoms with van der Waals surface area (Å²) in [6, 6.07) is 2.38. The zero-order valence-corrected chi connectivity index (χ0v) is 11.9. The average molecular weight is 312 g/mol. The molecular weight excluding hydrogens is 295 g/mol. The number of anilines is 1. The van der Waals surface area contributed by atoms with Crippen LogP contribution in [0.15, 0.2) is 12.1 Å². The topological polar surface area (TPSA) is 85.1 Å². The molecule has 0 saturated carbocycles. The van der Waals surface area contributed by atoms with Gasteiger partial charge in [0, 0.05) is 25.6 Å². The van der Waals surface area contributed by atoms with Gasteiger partial charge < -0.3 is 19.5 Å². The molecule has 120 valence electrons. The highest BCUT2D eigenvalue weighted by atomic mass is 19.1. The second kappa shape index (κ2) is 6.05. The highest BCUT2D eigenvalue weighted by Gasteiger charge is 2.40.